The molecule has 2 aromatic rings. The second-order valence-corrected chi connectivity index (χ2v) is 6.79. The summed E-state index contributed by atoms with van der Waals surface area (Å²) in [4.78, 5) is 4.04. The molecule has 21 heavy (non-hydrogen) atoms. The maximum atomic E-state index is 6.21. The summed E-state index contributed by atoms with van der Waals surface area (Å²) in [5.41, 5.74) is 3.93. The fourth-order valence-corrected chi connectivity index (χ4v) is 2.59. The van der Waals surface area contributed by atoms with Crippen LogP contribution in [0.1, 0.15) is 43.5 Å². The van der Waals surface area contributed by atoms with E-state index in [4.69, 9.17) is 11.6 Å². The van der Waals surface area contributed by atoms with E-state index in [1.54, 1.807) is 12.4 Å². The number of hydrogen-bond donors (Lipinski definition) is 1. The summed E-state index contributed by atoms with van der Waals surface area (Å²) in [7, 11) is 1.98. The first-order valence-corrected chi connectivity index (χ1v) is 7.65. The van der Waals surface area contributed by atoms with Gasteiger partial charge in [-0.15, -0.1) is 0 Å². The second kappa shape index (κ2) is 6.59. The number of likely N-dealkylation sites (N-methyl/N-ethyl adjacent to an activating group) is 1. The summed E-state index contributed by atoms with van der Waals surface area (Å²) in [6.45, 7) is 6.69. The molecule has 0 aliphatic rings. The van der Waals surface area contributed by atoms with E-state index in [0.717, 1.165) is 17.0 Å². The van der Waals surface area contributed by atoms with Crippen LogP contribution < -0.4 is 5.32 Å². The van der Waals surface area contributed by atoms with Gasteiger partial charge in [0.05, 0.1) is 5.02 Å². The third-order valence-corrected chi connectivity index (χ3v) is 4.15. The summed E-state index contributed by atoms with van der Waals surface area (Å²) in [6, 6.07) is 11.1. The van der Waals surface area contributed by atoms with Crippen LogP contribution >= 0.6 is 11.6 Å². The Morgan fingerprint density at radius 2 is 1.81 bits per heavy atom. The minimum atomic E-state index is 0.183. The molecule has 2 nitrogen and oxygen atoms in total. The van der Waals surface area contributed by atoms with Crippen LogP contribution in [0.3, 0.4) is 0 Å². The molecule has 0 spiro atoms. The Labute approximate surface area is 132 Å². The summed E-state index contributed by atoms with van der Waals surface area (Å²) in [5, 5.41) is 4.10. The Kier molecular flexibility index (Phi) is 5.02. The van der Waals surface area contributed by atoms with Crippen LogP contribution in [0.25, 0.3) is 0 Å². The number of rotatable bonds is 4. The van der Waals surface area contributed by atoms with Gasteiger partial charge in [-0.05, 0) is 41.6 Å². The molecule has 1 heterocycles. The van der Waals surface area contributed by atoms with E-state index < -0.39 is 0 Å². The molecule has 0 amide bonds. The highest BCUT2D eigenvalue weighted by atomic mass is 35.5. The lowest BCUT2D eigenvalue weighted by molar-refractivity contribution is 0.579. The number of pyridine rings is 1. The van der Waals surface area contributed by atoms with Gasteiger partial charge >= 0.3 is 0 Å². The fraction of sp³-hybridized carbons (Fsp3) is 0.389. The molecule has 1 unspecified atom stereocenters. The highest BCUT2D eigenvalue weighted by Gasteiger charge is 2.16. The van der Waals surface area contributed by atoms with Gasteiger partial charge in [0.15, 0.2) is 0 Å². The van der Waals surface area contributed by atoms with Crippen molar-refractivity contribution in [1.29, 1.82) is 0 Å². The first kappa shape index (κ1) is 16.0. The zero-order valence-corrected chi connectivity index (χ0v) is 13.9. The normalized spacial score (nSPS) is 13.2. The predicted molar refractivity (Wildman–Crippen MR) is 89.9 cm³/mol. The maximum absolute atomic E-state index is 6.21. The lowest BCUT2D eigenvalue weighted by Gasteiger charge is -2.22. The fourth-order valence-electron chi connectivity index (χ4n) is 2.39. The molecule has 1 N–H and O–H groups in total. The van der Waals surface area contributed by atoms with E-state index >= 15 is 0 Å². The van der Waals surface area contributed by atoms with E-state index in [0.29, 0.717) is 0 Å². The summed E-state index contributed by atoms with van der Waals surface area (Å²) >= 11 is 6.21. The minimum Gasteiger partial charge on any atom is -0.313 e. The van der Waals surface area contributed by atoms with Crippen LogP contribution in [0.15, 0.2) is 42.7 Å². The average molecular weight is 303 g/mol. The Balaban J connectivity index is 2.20. The molecule has 1 aromatic carbocycles. The van der Waals surface area contributed by atoms with Crippen molar-refractivity contribution in [3.05, 3.63) is 64.4 Å². The smallest absolute Gasteiger partial charge is 0.0622 e. The molecule has 0 bridgehead atoms. The van der Waals surface area contributed by atoms with E-state index in [1.165, 1.54) is 11.1 Å². The Bertz CT molecular complexity index is 585. The van der Waals surface area contributed by atoms with Crippen molar-refractivity contribution in [3.8, 4) is 0 Å². The van der Waals surface area contributed by atoms with Crippen LogP contribution in [0.2, 0.25) is 5.02 Å². The number of nitrogens with one attached hydrogen (secondary N) is 1. The van der Waals surface area contributed by atoms with Gasteiger partial charge in [0.1, 0.15) is 0 Å². The van der Waals surface area contributed by atoms with Gasteiger partial charge in [0, 0.05) is 18.4 Å². The van der Waals surface area contributed by atoms with Crippen LogP contribution in [-0.2, 0) is 11.8 Å². The Hall–Kier alpha value is -1.38. The van der Waals surface area contributed by atoms with Crippen molar-refractivity contribution < 1.29 is 0 Å². The van der Waals surface area contributed by atoms with Crippen molar-refractivity contribution in [2.45, 2.75) is 38.6 Å². The molecule has 1 atom stereocenters. The van der Waals surface area contributed by atoms with Crippen molar-refractivity contribution in [2.75, 3.05) is 7.05 Å². The van der Waals surface area contributed by atoms with Crippen LogP contribution in [-0.4, -0.2) is 12.0 Å². The average Bonchev–Trinajstić information content (AvgIpc) is 2.46. The topological polar surface area (TPSA) is 24.9 Å². The number of aromatic nitrogens is 1. The quantitative estimate of drug-likeness (QED) is 0.897. The predicted octanol–water partition coefficient (Wildman–Crippen LogP) is 4.54. The van der Waals surface area contributed by atoms with Crippen LogP contribution in [0, 0.1) is 0 Å². The maximum Gasteiger partial charge on any atom is 0.0622 e. The van der Waals surface area contributed by atoms with Crippen LogP contribution in [0.5, 0.6) is 0 Å². The minimum absolute atomic E-state index is 0.183. The van der Waals surface area contributed by atoms with Gasteiger partial charge in [-0.1, -0.05) is 56.6 Å². The highest BCUT2D eigenvalue weighted by Crippen LogP contribution is 2.26. The molecule has 0 saturated carbocycles. The number of nitrogens with zero attached hydrogens (tertiary/aromatic N) is 1. The van der Waals surface area contributed by atoms with Gasteiger partial charge in [-0.25, -0.2) is 0 Å². The molecule has 0 aliphatic carbocycles. The van der Waals surface area contributed by atoms with Gasteiger partial charge in [-0.3, -0.25) is 4.98 Å². The SMILES string of the molecule is CNC(Cc1ccncc1Cl)c1ccc(C(C)(C)C)cc1. The van der Waals surface area contributed by atoms with E-state index in [1.807, 2.05) is 13.1 Å². The van der Waals surface area contributed by atoms with Crippen molar-refractivity contribution in [1.82, 2.24) is 10.3 Å². The Morgan fingerprint density at radius 1 is 1.14 bits per heavy atom. The zero-order valence-electron chi connectivity index (χ0n) is 13.2. The number of benzene rings is 1. The Morgan fingerprint density at radius 3 is 2.33 bits per heavy atom. The lowest BCUT2D eigenvalue weighted by Crippen LogP contribution is -2.19. The standard InChI is InChI=1S/C18H23ClN2/c1-18(2,3)15-7-5-13(6-8-15)17(20-4)11-14-9-10-21-12-16(14)19/h5-10,12,17,20H,11H2,1-4H3. The molecule has 0 radical (unpaired) electrons. The van der Waals surface area contributed by atoms with Crippen molar-refractivity contribution in [3.63, 3.8) is 0 Å². The van der Waals surface area contributed by atoms with Gasteiger partial charge in [0.2, 0.25) is 0 Å². The molecular formula is C18H23ClN2. The number of hydrogen-bond acceptors (Lipinski definition) is 2. The van der Waals surface area contributed by atoms with Crippen molar-refractivity contribution in [2.24, 2.45) is 0 Å². The second-order valence-electron chi connectivity index (χ2n) is 6.38. The molecule has 0 fully saturated rings. The first-order valence-electron chi connectivity index (χ1n) is 7.28. The van der Waals surface area contributed by atoms with E-state index in [-0.39, 0.29) is 11.5 Å². The summed E-state index contributed by atoms with van der Waals surface area (Å²) in [5.74, 6) is 0. The first-order chi connectivity index (χ1) is 9.91. The molecule has 3 heteroatoms. The molecule has 1 aromatic heterocycles. The highest BCUT2D eigenvalue weighted by molar-refractivity contribution is 6.31. The van der Waals surface area contributed by atoms with Gasteiger partial charge in [-0.2, -0.15) is 0 Å². The monoisotopic (exact) mass is 302 g/mol. The molecule has 0 aliphatic heterocycles. The van der Waals surface area contributed by atoms with Crippen molar-refractivity contribution >= 4 is 11.6 Å². The number of halogens is 1. The lowest BCUT2D eigenvalue weighted by atomic mass is 9.86. The molecule has 112 valence electrons. The third kappa shape index (κ3) is 4.05. The summed E-state index contributed by atoms with van der Waals surface area (Å²) < 4.78 is 0. The largest absolute Gasteiger partial charge is 0.313 e. The zero-order chi connectivity index (χ0) is 15.5. The van der Waals surface area contributed by atoms with E-state index in [9.17, 15) is 0 Å². The summed E-state index contributed by atoms with van der Waals surface area (Å²) in [6.07, 6.45) is 4.34. The molecule has 0 saturated heterocycles. The third-order valence-electron chi connectivity index (χ3n) is 3.81. The van der Waals surface area contributed by atoms with Gasteiger partial charge in [0.25, 0.3) is 0 Å². The van der Waals surface area contributed by atoms with Gasteiger partial charge < -0.3 is 5.32 Å². The molecule has 2 rings (SSSR count). The van der Waals surface area contributed by atoms with E-state index in [2.05, 4.69) is 55.3 Å². The molecular weight excluding hydrogens is 280 g/mol. The van der Waals surface area contributed by atoms with Crippen LogP contribution in [0.4, 0.5) is 0 Å².